The molecule has 0 spiro atoms. The van der Waals surface area contributed by atoms with E-state index in [4.69, 9.17) is 4.74 Å². The topological polar surface area (TPSA) is 114 Å². The SMILES string of the molecule is Cc1cc(NC(=O)COC(=O)C2CC(O)CN2C(=O)Cc2ccccc2F)n(-c2ccc(F)cc2)n1. The van der Waals surface area contributed by atoms with Crippen molar-refractivity contribution < 1.29 is 33.0 Å². The Hall–Kier alpha value is -4.12. The summed E-state index contributed by atoms with van der Waals surface area (Å²) < 4.78 is 33.7. The third-order valence-electron chi connectivity index (χ3n) is 5.69. The molecule has 2 heterocycles. The highest BCUT2D eigenvalue weighted by Crippen LogP contribution is 2.22. The Bertz CT molecular complexity index is 1280. The van der Waals surface area contributed by atoms with E-state index in [2.05, 4.69) is 10.4 Å². The summed E-state index contributed by atoms with van der Waals surface area (Å²) in [5.74, 6) is -2.73. The van der Waals surface area contributed by atoms with Crippen molar-refractivity contribution in [2.45, 2.75) is 31.9 Å². The van der Waals surface area contributed by atoms with Crippen LogP contribution >= 0.6 is 0 Å². The van der Waals surface area contributed by atoms with Crippen LogP contribution in [0.3, 0.4) is 0 Å². The van der Waals surface area contributed by atoms with Gasteiger partial charge in [-0.15, -0.1) is 0 Å². The van der Waals surface area contributed by atoms with E-state index in [1.165, 1.54) is 47.1 Å². The molecule has 3 aromatic rings. The number of hydrogen-bond donors (Lipinski definition) is 2. The number of β-amino-alcohol motifs (C(OH)–C–C–N with tert-alkyl or cyclic N) is 1. The van der Waals surface area contributed by atoms with Crippen molar-refractivity contribution in [3.05, 3.63) is 77.5 Å². The molecule has 2 aromatic carbocycles. The first kappa shape index (κ1) is 25.0. The Morgan fingerprint density at radius 1 is 1.14 bits per heavy atom. The molecule has 2 N–H and O–H groups in total. The second kappa shape index (κ2) is 10.6. The minimum atomic E-state index is -1.10. The molecule has 0 saturated carbocycles. The zero-order valence-electron chi connectivity index (χ0n) is 19.4. The van der Waals surface area contributed by atoms with Crippen molar-refractivity contribution >= 4 is 23.6 Å². The van der Waals surface area contributed by atoms with E-state index in [0.717, 1.165) is 4.90 Å². The number of carbonyl (C=O) groups excluding carboxylic acids is 3. The maximum absolute atomic E-state index is 13.9. The van der Waals surface area contributed by atoms with Gasteiger partial charge < -0.3 is 20.1 Å². The lowest BCUT2D eigenvalue weighted by Gasteiger charge is -2.23. The fourth-order valence-corrected chi connectivity index (χ4v) is 4.00. The normalized spacial score (nSPS) is 17.2. The van der Waals surface area contributed by atoms with Crippen molar-refractivity contribution in [3.63, 3.8) is 0 Å². The number of anilines is 1. The van der Waals surface area contributed by atoms with Crippen LogP contribution in [0, 0.1) is 18.6 Å². The molecule has 1 aliphatic heterocycles. The largest absolute Gasteiger partial charge is 0.454 e. The second-order valence-electron chi connectivity index (χ2n) is 8.43. The van der Waals surface area contributed by atoms with Crippen LogP contribution in [0.15, 0.2) is 54.6 Å². The van der Waals surface area contributed by atoms with Gasteiger partial charge in [-0.05, 0) is 42.8 Å². The number of carbonyl (C=O) groups is 3. The smallest absolute Gasteiger partial charge is 0.329 e. The van der Waals surface area contributed by atoms with Gasteiger partial charge in [0.05, 0.1) is 23.9 Å². The van der Waals surface area contributed by atoms with Crippen LogP contribution in [-0.2, 0) is 25.5 Å². The molecule has 1 saturated heterocycles. The Kier molecular flexibility index (Phi) is 7.39. The number of esters is 1. The van der Waals surface area contributed by atoms with Crippen molar-refractivity contribution in [2.24, 2.45) is 0 Å². The minimum absolute atomic E-state index is 0.0556. The highest BCUT2D eigenvalue weighted by atomic mass is 19.1. The summed E-state index contributed by atoms with van der Waals surface area (Å²) in [7, 11) is 0. The molecule has 0 bridgehead atoms. The molecular formula is C25H24F2N4O5. The molecule has 2 unspecified atom stereocenters. The maximum Gasteiger partial charge on any atom is 0.329 e. The van der Waals surface area contributed by atoms with Crippen molar-refractivity contribution in [1.29, 1.82) is 0 Å². The summed E-state index contributed by atoms with van der Waals surface area (Å²) in [6.45, 7) is 0.970. The van der Waals surface area contributed by atoms with Crippen molar-refractivity contribution in [3.8, 4) is 5.69 Å². The van der Waals surface area contributed by atoms with Crippen LogP contribution in [-0.4, -0.2) is 62.9 Å². The Balaban J connectivity index is 1.37. The zero-order valence-corrected chi connectivity index (χ0v) is 19.4. The van der Waals surface area contributed by atoms with Gasteiger partial charge in [0.1, 0.15) is 23.5 Å². The first-order valence-corrected chi connectivity index (χ1v) is 11.2. The summed E-state index contributed by atoms with van der Waals surface area (Å²) in [4.78, 5) is 39.0. The van der Waals surface area contributed by atoms with Crippen LogP contribution < -0.4 is 5.32 Å². The summed E-state index contributed by atoms with van der Waals surface area (Å²) in [6, 6.07) is 11.8. The summed E-state index contributed by atoms with van der Waals surface area (Å²) in [6.07, 6.45) is -1.29. The lowest BCUT2D eigenvalue weighted by atomic mass is 10.1. The molecule has 2 atom stereocenters. The average Bonchev–Trinajstić information content (AvgIpc) is 3.41. The van der Waals surface area contributed by atoms with E-state index in [-0.39, 0.29) is 30.8 Å². The molecule has 0 radical (unpaired) electrons. The van der Waals surface area contributed by atoms with Crippen molar-refractivity contribution in [1.82, 2.24) is 14.7 Å². The molecular weight excluding hydrogens is 474 g/mol. The number of halogens is 2. The molecule has 36 heavy (non-hydrogen) atoms. The standard InChI is InChI=1S/C25H24F2N4O5/c1-15-10-22(31(29-15)18-8-6-17(26)7-9-18)28-23(33)14-36-25(35)21-12-19(32)13-30(21)24(34)11-16-4-2-3-5-20(16)27/h2-10,19,21,32H,11-14H2,1H3,(H,28,33). The first-order chi connectivity index (χ1) is 17.2. The number of aryl methyl sites for hydroxylation is 1. The number of nitrogens with zero attached hydrogens (tertiary/aromatic N) is 3. The number of aliphatic hydroxyl groups excluding tert-OH is 1. The number of rotatable bonds is 7. The molecule has 188 valence electrons. The third kappa shape index (κ3) is 5.74. The number of benzene rings is 2. The monoisotopic (exact) mass is 498 g/mol. The Morgan fingerprint density at radius 3 is 2.58 bits per heavy atom. The third-order valence-corrected chi connectivity index (χ3v) is 5.69. The Labute approximate surface area is 205 Å². The Morgan fingerprint density at radius 2 is 1.86 bits per heavy atom. The first-order valence-electron chi connectivity index (χ1n) is 11.2. The van der Waals surface area contributed by atoms with Gasteiger partial charge in [-0.25, -0.2) is 18.3 Å². The highest BCUT2D eigenvalue weighted by Gasteiger charge is 2.40. The fourth-order valence-electron chi connectivity index (χ4n) is 4.00. The number of amides is 2. The predicted molar refractivity (Wildman–Crippen MR) is 124 cm³/mol. The van der Waals surface area contributed by atoms with Gasteiger partial charge in [0.15, 0.2) is 6.61 Å². The summed E-state index contributed by atoms with van der Waals surface area (Å²) >= 11 is 0. The highest BCUT2D eigenvalue weighted by molar-refractivity contribution is 5.93. The number of nitrogens with one attached hydrogen (secondary N) is 1. The van der Waals surface area contributed by atoms with Crippen LogP contribution in [0.2, 0.25) is 0 Å². The number of aromatic nitrogens is 2. The van der Waals surface area contributed by atoms with Crippen LogP contribution in [0.1, 0.15) is 17.7 Å². The number of aliphatic hydroxyl groups is 1. The van der Waals surface area contributed by atoms with Gasteiger partial charge in [0.25, 0.3) is 5.91 Å². The van der Waals surface area contributed by atoms with E-state index < -0.39 is 48.2 Å². The van der Waals surface area contributed by atoms with Gasteiger partial charge >= 0.3 is 5.97 Å². The van der Waals surface area contributed by atoms with Gasteiger partial charge in [0, 0.05) is 19.0 Å². The molecule has 1 aromatic heterocycles. The zero-order chi connectivity index (χ0) is 25.8. The molecule has 4 rings (SSSR count). The van der Waals surface area contributed by atoms with Gasteiger partial charge in [-0.3, -0.25) is 9.59 Å². The molecule has 0 aliphatic carbocycles. The van der Waals surface area contributed by atoms with Crippen LogP contribution in [0.4, 0.5) is 14.6 Å². The van der Waals surface area contributed by atoms with Gasteiger partial charge in [-0.1, -0.05) is 18.2 Å². The van der Waals surface area contributed by atoms with Crippen LogP contribution in [0.5, 0.6) is 0 Å². The molecule has 11 heteroatoms. The lowest BCUT2D eigenvalue weighted by Crippen LogP contribution is -2.43. The van der Waals surface area contributed by atoms with E-state index in [1.54, 1.807) is 19.1 Å². The van der Waals surface area contributed by atoms with E-state index in [9.17, 15) is 28.3 Å². The second-order valence-corrected chi connectivity index (χ2v) is 8.43. The number of ether oxygens (including phenoxy) is 1. The predicted octanol–water partition coefficient (Wildman–Crippen LogP) is 2.15. The van der Waals surface area contributed by atoms with Gasteiger partial charge in [0.2, 0.25) is 5.91 Å². The molecule has 2 amide bonds. The summed E-state index contributed by atoms with van der Waals surface area (Å²) in [5.41, 5.74) is 1.28. The van der Waals surface area contributed by atoms with Gasteiger partial charge in [-0.2, -0.15) is 5.10 Å². The summed E-state index contributed by atoms with van der Waals surface area (Å²) in [5, 5.41) is 16.9. The van der Waals surface area contributed by atoms with Crippen molar-refractivity contribution in [2.75, 3.05) is 18.5 Å². The lowest BCUT2D eigenvalue weighted by molar-refractivity contribution is -0.155. The maximum atomic E-state index is 13.9. The average molecular weight is 498 g/mol. The quantitative estimate of drug-likeness (QED) is 0.483. The van der Waals surface area contributed by atoms with E-state index >= 15 is 0 Å². The number of hydrogen-bond acceptors (Lipinski definition) is 6. The molecule has 1 fully saturated rings. The van der Waals surface area contributed by atoms with E-state index in [0.29, 0.717) is 11.4 Å². The molecule has 1 aliphatic rings. The minimum Gasteiger partial charge on any atom is -0.454 e. The molecule has 9 nitrogen and oxygen atoms in total. The van der Waals surface area contributed by atoms with E-state index in [1.807, 2.05) is 0 Å². The number of likely N-dealkylation sites (tertiary alicyclic amines) is 1. The van der Waals surface area contributed by atoms with Crippen LogP contribution in [0.25, 0.3) is 5.69 Å². The fraction of sp³-hybridized carbons (Fsp3) is 0.280.